The summed E-state index contributed by atoms with van der Waals surface area (Å²) < 4.78 is 16.4. The molecular weight excluding hydrogens is 363 g/mol. The summed E-state index contributed by atoms with van der Waals surface area (Å²) in [5, 5.41) is 9.06. The Bertz CT molecular complexity index is 959. The van der Waals surface area contributed by atoms with Crippen molar-refractivity contribution in [2.45, 2.75) is 24.3 Å². The number of fused-ring (bicyclic) bond motifs is 1. The van der Waals surface area contributed by atoms with Crippen LogP contribution in [0.4, 0.5) is 10.2 Å². The fourth-order valence-electron chi connectivity index (χ4n) is 3.47. The second kappa shape index (κ2) is 6.21. The van der Waals surface area contributed by atoms with Crippen molar-refractivity contribution in [2.75, 3.05) is 24.5 Å². The topological polar surface area (TPSA) is 101 Å². The van der Waals surface area contributed by atoms with E-state index in [1.165, 1.54) is 6.20 Å². The molecule has 0 amide bonds. The Balaban J connectivity index is 1.89. The minimum absolute atomic E-state index is 0.0185. The predicted molar refractivity (Wildman–Crippen MR) is 95.6 cm³/mol. The molecule has 0 aromatic carbocycles. The van der Waals surface area contributed by atoms with Gasteiger partial charge in [0.25, 0.3) is 0 Å². The van der Waals surface area contributed by atoms with E-state index in [1.807, 2.05) is 0 Å². The van der Waals surface area contributed by atoms with Crippen LogP contribution >= 0.6 is 11.6 Å². The van der Waals surface area contributed by atoms with Gasteiger partial charge < -0.3 is 20.3 Å². The number of nitrogens with two attached hydrogens (primary N) is 1. The maximum absolute atomic E-state index is 14.7. The van der Waals surface area contributed by atoms with E-state index >= 15 is 0 Å². The molecule has 2 atom stereocenters. The summed E-state index contributed by atoms with van der Waals surface area (Å²) in [4.78, 5) is 29.9. The number of alkyl halides is 1. The smallest absolute Gasteiger partial charge is 0.341 e. The Labute approximate surface area is 153 Å². The predicted octanol–water partition coefficient (Wildman–Crippen LogP) is 1.57. The van der Waals surface area contributed by atoms with Crippen molar-refractivity contribution in [3.8, 4) is 0 Å². The van der Waals surface area contributed by atoms with Crippen molar-refractivity contribution in [2.24, 2.45) is 11.7 Å². The molecule has 1 saturated carbocycles. The van der Waals surface area contributed by atoms with Crippen molar-refractivity contribution in [3.63, 3.8) is 0 Å². The van der Waals surface area contributed by atoms with Crippen LogP contribution in [0.5, 0.6) is 0 Å². The number of anilines is 1. The standard InChI is InChI=1S/C17H18ClFN4O3/c18-12-7-22(5-8(12)4-20)16-13(19)3-10-14(24)11(17(25)26)6-23(9-1-2-9)15(10)21-16/h3,6,8-9,12H,1-2,4-5,7,20H2,(H,25,26)/t8-,12+/m0/s1. The average Bonchev–Trinajstić information content (AvgIpc) is 3.37. The molecule has 3 heterocycles. The van der Waals surface area contributed by atoms with Crippen LogP contribution in [0.1, 0.15) is 29.2 Å². The maximum Gasteiger partial charge on any atom is 0.341 e. The number of nitrogens with zero attached hydrogens (tertiary/aromatic N) is 3. The van der Waals surface area contributed by atoms with Gasteiger partial charge in [0.15, 0.2) is 11.6 Å². The maximum atomic E-state index is 14.7. The molecule has 2 aromatic heterocycles. The number of aromatic nitrogens is 2. The van der Waals surface area contributed by atoms with E-state index < -0.39 is 17.2 Å². The summed E-state index contributed by atoms with van der Waals surface area (Å²) >= 11 is 6.27. The number of carboxylic acids is 1. The molecular formula is C17H18ClFN4O3. The van der Waals surface area contributed by atoms with Gasteiger partial charge in [0.1, 0.15) is 11.2 Å². The zero-order valence-corrected chi connectivity index (χ0v) is 14.6. The van der Waals surface area contributed by atoms with Crippen LogP contribution in [0, 0.1) is 11.7 Å². The SMILES string of the molecule is NC[C@H]1CN(c2nc3c(cc2F)c(=O)c(C(=O)O)cn3C2CC2)C[C@H]1Cl. The van der Waals surface area contributed by atoms with Crippen LogP contribution in [0.25, 0.3) is 11.0 Å². The summed E-state index contributed by atoms with van der Waals surface area (Å²) in [6, 6.07) is 1.17. The highest BCUT2D eigenvalue weighted by molar-refractivity contribution is 6.21. The largest absolute Gasteiger partial charge is 0.477 e. The highest BCUT2D eigenvalue weighted by atomic mass is 35.5. The first-order valence-corrected chi connectivity index (χ1v) is 8.92. The van der Waals surface area contributed by atoms with Crippen molar-refractivity contribution < 1.29 is 14.3 Å². The van der Waals surface area contributed by atoms with E-state index in [0.29, 0.717) is 25.3 Å². The van der Waals surface area contributed by atoms with E-state index in [1.54, 1.807) is 9.47 Å². The molecule has 4 rings (SSSR count). The summed E-state index contributed by atoms with van der Waals surface area (Å²) in [5.41, 5.74) is 4.92. The first kappa shape index (κ1) is 17.2. The molecule has 26 heavy (non-hydrogen) atoms. The normalized spacial score (nSPS) is 23.0. The van der Waals surface area contributed by atoms with E-state index in [2.05, 4.69) is 4.98 Å². The first-order chi connectivity index (χ1) is 12.4. The summed E-state index contributed by atoms with van der Waals surface area (Å²) in [6.45, 7) is 1.30. The van der Waals surface area contributed by atoms with Gasteiger partial charge in [-0.15, -0.1) is 11.6 Å². The molecule has 2 fully saturated rings. The molecule has 7 nitrogen and oxygen atoms in total. The number of carboxylic acid groups (broad SMARTS) is 1. The molecule has 138 valence electrons. The van der Waals surface area contributed by atoms with Crippen LogP contribution in [-0.4, -0.2) is 45.6 Å². The molecule has 1 aliphatic carbocycles. The molecule has 0 radical (unpaired) electrons. The minimum atomic E-state index is -1.33. The summed E-state index contributed by atoms with van der Waals surface area (Å²) in [6.07, 6.45) is 3.05. The second-order valence-corrected chi connectivity index (χ2v) is 7.46. The highest BCUT2D eigenvalue weighted by Gasteiger charge is 2.34. The molecule has 9 heteroatoms. The molecule has 2 aromatic rings. The van der Waals surface area contributed by atoms with Crippen molar-refractivity contribution in [1.29, 1.82) is 0 Å². The number of carbonyl (C=O) groups is 1. The van der Waals surface area contributed by atoms with Gasteiger partial charge in [-0.3, -0.25) is 4.79 Å². The molecule has 1 saturated heterocycles. The molecule has 0 unspecified atom stereocenters. The highest BCUT2D eigenvalue weighted by Crippen LogP contribution is 2.37. The van der Waals surface area contributed by atoms with Crippen molar-refractivity contribution in [3.05, 3.63) is 33.9 Å². The van der Waals surface area contributed by atoms with Crippen LogP contribution in [-0.2, 0) is 0 Å². The van der Waals surface area contributed by atoms with E-state index in [0.717, 1.165) is 18.9 Å². The van der Waals surface area contributed by atoms with E-state index in [-0.39, 0.29) is 34.1 Å². The molecule has 2 aliphatic rings. The number of halogens is 2. The number of hydrogen-bond donors (Lipinski definition) is 2. The minimum Gasteiger partial charge on any atom is -0.477 e. The van der Waals surface area contributed by atoms with Gasteiger partial charge in [0, 0.05) is 31.2 Å². The quantitative estimate of drug-likeness (QED) is 0.781. The van der Waals surface area contributed by atoms with Gasteiger partial charge in [0.2, 0.25) is 5.43 Å². The van der Waals surface area contributed by atoms with Gasteiger partial charge >= 0.3 is 5.97 Å². The van der Waals surface area contributed by atoms with Crippen molar-refractivity contribution in [1.82, 2.24) is 9.55 Å². The monoisotopic (exact) mass is 380 g/mol. The Hall–Kier alpha value is -2.19. The van der Waals surface area contributed by atoms with Gasteiger partial charge in [-0.25, -0.2) is 14.2 Å². The lowest BCUT2D eigenvalue weighted by molar-refractivity contribution is 0.0695. The Morgan fingerprint density at radius 2 is 2.15 bits per heavy atom. The lowest BCUT2D eigenvalue weighted by atomic mass is 10.1. The van der Waals surface area contributed by atoms with Gasteiger partial charge in [-0.2, -0.15) is 0 Å². The fraction of sp³-hybridized carbons (Fsp3) is 0.471. The lowest BCUT2D eigenvalue weighted by Gasteiger charge is -2.19. The van der Waals surface area contributed by atoms with E-state index in [9.17, 15) is 19.1 Å². The number of rotatable bonds is 4. The molecule has 3 N–H and O–H groups in total. The van der Waals surface area contributed by atoms with Crippen LogP contribution in [0.15, 0.2) is 17.1 Å². The lowest BCUT2D eigenvalue weighted by Crippen LogP contribution is -2.26. The van der Waals surface area contributed by atoms with Gasteiger partial charge in [-0.05, 0) is 25.5 Å². The molecule has 0 spiro atoms. The van der Waals surface area contributed by atoms with Crippen molar-refractivity contribution >= 4 is 34.4 Å². The molecule has 1 aliphatic heterocycles. The summed E-state index contributed by atoms with van der Waals surface area (Å²) in [7, 11) is 0. The number of aromatic carboxylic acids is 1. The Kier molecular flexibility index (Phi) is 4.11. The van der Waals surface area contributed by atoms with Gasteiger partial charge in [-0.1, -0.05) is 0 Å². The third-order valence-corrected chi connectivity index (χ3v) is 5.57. The number of hydrogen-bond acceptors (Lipinski definition) is 5. The third-order valence-electron chi connectivity index (χ3n) is 5.07. The van der Waals surface area contributed by atoms with E-state index in [4.69, 9.17) is 17.3 Å². The average molecular weight is 381 g/mol. The van der Waals surface area contributed by atoms with Gasteiger partial charge in [0.05, 0.1) is 10.8 Å². The fourth-order valence-corrected chi connectivity index (χ4v) is 3.82. The Morgan fingerprint density at radius 3 is 2.73 bits per heavy atom. The second-order valence-electron chi connectivity index (χ2n) is 6.90. The molecule has 0 bridgehead atoms. The number of pyridine rings is 2. The summed E-state index contributed by atoms with van der Waals surface area (Å²) in [5.74, 6) is -1.84. The third kappa shape index (κ3) is 2.73. The first-order valence-electron chi connectivity index (χ1n) is 8.48. The van der Waals surface area contributed by atoms with Crippen LogP contribution in [0.3, 0.4) is 0 Å². The zero-order chi connectivity index (χ0) is 18.6. The zero-order valence-electron chi connectivity index (χ0n) is 13.9. The van der Waals surface area contributed by atoms with Crippen LogP contribution < -0.4 is 16.1 Å². The van der Waals surface area contributed by atoms with Crippen LogP contribution in [0.2, 0.25) is 0 Å². The Morgan fingerprint density at radius 1 is 1.42 bits per heavy atom.